The van der Waals surface area contributed by atoms with Gasteiger partial charge in [0.15, 0.2) is 9.84 Å². The van der Waals surface area contributed by atoms with Gasteiger partial charge >= 0.3 is 0 Å². The lowest BCUT2D eigenvalue weighted by Gasteiger charge is -2.12. The zero-order valence-electron chi connectivity index (χ0n) is 11.0. The maximum Gasteiger partial charge on any atom is 0.175 e. The Morgan fingerprint density at radius 1 is 1.35 bits per heavy atom. The summed E-state index contributed by atoms with van der Waals surface area (Å²) in [5.41, 5.74) is 0.828. The Bertz CT molecular complexity index is 680. The topological polar surface area (TPSA) is 56.3 Å². The standard InChI is InChI=1S/C13H14ClNO3S2/c1-9(13-15-10(7-14)8-19-13)18-11-3-5-12(6-4-11)20(2,16)17/h3-6,8-9H,7H2,1-2H3. The Labute approximate surface area is 127 Å². The Hall–Kier alpha value is -1.11. The summed E-state index contributed by atoms with van der Waals surface area (Å²) in [6.07, 6.45) is 0.968. The van der Waals surface area contributed by atoms with Crippen molar-refractivity contribution in [1.82, 2.24) is 4.98 Å². The fourth-order valence-electron chi connectivity index (χ4n) is 1.59. The lowest BCUT2D eigenvalue weighted by molar-refractivity contribution is 0.226. The number of hydrogen-bond acceptors (Lipinski definition) is 5. The van der Waals surface area contributed by atoms with Crippen molar-refractivity contribution < 1.29 is 13.2 Å². The van der Waals surface area contributed by atoms with Gasteiger partial charge in [0.05, 0.1) is 16.5 Å². The minimum Gasteiger partial charge on any atom is -0.484 e. The second-order valence-electron chi connectivity index (χ2n) is 4.31. The second kappa shape index (κ2) is 6.11. The van der Waals surface area contributed by atoms with E-state index in [9.17, 15) is 8.42 Å². The molecule has 1 atom stereocenters. The van der Waals surface area contributed by atoms with E-state index >= 15 is 0 Å². The molecule has 0 spiro atoms. The molecule has 0 saturated carbocycles. The molecule has 1 aromatic heterocycles. The lowest BCUT2D eigenvalue weighted by atomic mass is 10.3. The number of alkyl halides is 1. The van der Waals surface area contributed by atoms with E-state index in [1.54, 1.807) is 12.1 Å². The molecule has 7 heteroatoms. The highest BCUT2D eigenvalue weighted by atomic mass is 35.5. The molecule has 2 rings (SSSR count). The molecule has 108 valence electrons. The van der Waals surface area contributed by atoms with Gasteiger partial charge in [0.1, 0.15) is 16.9 Å². The predicted octanol–water partition coefficient (Wildman–Crippen LogP) is 3.43. The summed E-state index contributed by atoms with van der Waals surface area (Å²) in [4.78, 5) is 4.62. The third-order valence-electron chi connectivity index (χ3n) is 2.62. The van der Waals surface area contributed by atoms with Crippen LogP contribution in [0.25, 0.3) is 0 Å². The molecule has 4 nitrogen and oxygen atoms in total. The smallest absolute Gasteiger partial charge is 0.175 e. The molecular weight excluding hydrogens is 318 g/mol. The van der Waals surface area contributed by atoms with Crippen LogP contribution < -0.4 is 4.74 Å². The highest BCUT2D eigenvalue weighted by Gasteiger charge is 2.13. The van der Waals surface area contributed by atoms with Crippen molar-refractivity contribution >= 4 is 32.8 Å². The summed E-state index contributed by atoms with van der Waals surface area (Å²) in [6, 6.07) is 6.35. The van der Waals surface area contributed by atoms with Crippen LogP contribution in [0.1, 0.15) is 23.7 Å². The summed E-state index contributed by atoms with van der Waals surface area (Å²) >= 11 is 7.20. The van der Waals surface area contributed by atoms with Gasteiger partial charge in [-0.15, -0.1) is 22.9 Å². The van der Waals surface area contributed by atoms with Gasteiger partial charge in [-0.25, -0.2) is 13.4 Å². The predicted molar refractivity (Wildman–Crippen MR) is 80.3 cm³/mol. The van der Waals surface area contributed by atoms with Crippen molar-refractivity contribution in [3.8, 4) is 5.75 Å². The highest BCUT2D eigenvalue weighted by Crippen LogP contribution is 2.25. The molecule has 0 N–H and O–H groups in total. The Morgan fingerprint density at radius 2 is 2.00 bits per heavy atom. The minimum absolute atomic E-state index is 0.207. The number of benzene rings is 1. The number of hydrogen-bond donors (Lipinski definition) is 0. The quantitative estimate of drug-likeness (QED) is 0.788. The summed E-state index contributed by atoms with van der Waals surface area (Å²) in [6.45, 7) is 1.89. The molecule has 1 aromatic carbocycles. The van der Waals surface area contributed by atoms with Gasteiger partial charge in [0.2, 0.25) is 0 Å². The zero-order chi connectivity index (χ0) is 14.8. The molecule has 20 heavy (non-hydrogen) atoms. The molecule has 0 amide bonds. The van der Waals surface area contributed by atoms with Crippen LogP contribution in [-0.2, 0) is 15.7 Å². The second-order valence-corrected chi connectivity index (χ2v) is 7.49. The van der Waals surface area contributed by atoms with Gasteiger partial charge in [-0.3, -0.25) is 0 Å². The normalized spacial score (nSPS) is 13.2. The van der Waals surface area contributed by atoms with Crippen molar-refractivity contribution in [2.75, 3.05) is 6.26 Å². The van der Waals surface area contributed by atoms with Crippen LogP contribution in [0.4, 0.5) is 0 Å². The first-order chi connectivity index (χ1) is 9.40. The van der Waals surface area contributed by atoms with Crippen LogP contribution in [0.2, 0.25) is 0 Å². The summed E-state index contributed by atoms with van der Waals surface area (Å²) < 4.78 is 28.5. The molecule has 0 aliphatic rings. The van der Waals surface area contributed by atoms with E-state index in [2.05, 4.69) is 4.98 Å². The molecule has 0 aliphatic heterocycles. The molecule has 0 aliphatic carbocycles. The highest BCUT2D eigenvalue weighted by molar-refractivity contribution is 7.90. The van der Waals surface area contributed by atoms with Gasteiger partial charge in [-0.1, -0.05) is 0 Å². The Balaban J connectivity index is 2.10. The number of aromatic nitrogens is 1. The van der Waals surface area contributed by atoms with Crippen LogP contribution >= 0.6 is 22.9 Å². The van der Waals surface area contributed by atoms with E-state index in [4.69, 9.17) is 16.3 Å². The molecule has 0 fully saturated rings. The van der Waals surface area contributed by atoms with Crippen molar-refractivity contribution in [3.05, 3.63) is 40.3 Å². The van der Waals surface area contributed by atoms with Gasteiger partial charge in [-0.05, 0) is 31.2 Å². The first-order valence-electron chi connectivity index (χ1n) is 5.87. The number of halogens is 1. The maximum absolute atomic E-state index is 11.4. The van der Waals surface area contributed by atoms with Crippen molar-refractivity contribution in [3.63, 3.8) is 0 Å². The van der Waals surface area contributed by atoms with Gasteiger partial charge in [0.25, 0.3) is 0 Å². The third kappa shape index (κ3) is 3.71. The zero-order valence-corrected chi connectivity index (χ0v) is 13.4. The van der Waals surface area contributed by atoms with Gasteiger partial charge in [-0.2, -0.15) is 0 Å². The monoisotopic (exact) mass is 331 g/mol. The van der Waals surface area contributed by atoms with E-state index in [1.807, 2.05) is 12.3 Å². The number of rotatable bonds is 5. The minimum atomic E-state index is -3.18. The van der Waals surface area contributed by atoms with Gasteiger partial charge < -0.3 is 4.74 Å². The molecule has 0 bridgehead atoms. The number of nitrogens with zero attached hydrogens (tertiary/aromatic N) is 1. The molecule has 0 radical (unpaired) electrons. The maximum atomic E-state index is 11.4. The average Bonchev–Trinajstić information content (AvgIpc) is 2.87. The van der Waals surface area contributed by atoms with Crippen molar-refractivity contribution in [2.45, 2.75) is 23.8 Å². The van der Waals surface area contributed by atoms with E-state index in [1.165, 1.54) is 29.7 Å². The van der Waals surface area contributed by atoms with E-state index < -0.39 is 9.84 Å². The Kier molecular flexibility index (Phi) is 4.67. The fraction of sp³-hybridized carbons (Fsp3) is 0.308. The number of sulfone groups is 1. The first kappa shape index (κ1) is 15.3. The Morgan fingerprint density at radius 3 is 2.50 bits per heavy atom. The summed E-state index contributed by atoms with van der Waals surface area (Å²) in [5.74, 6) is 0.985. The number of thiazole rings is 1. The van der Waals surface area contributed by atoms with Crippen LogP contribution in [-0.4, -0.2) is 19.7 Å². The molecule has 1 heterocycles. The van der Waals surface area contributed by atoms with Crippen molar-refractivity contribution in [2.24, 2.45) is 0 Å². The van der Waals surface area contributed by atoms with Crippen LogP contribution in [0.15, 0.2) is 34.5 Å². The van der Waals surface area contributed by atoms with Gasteiger partial charge in [0, 0.05) is 11.6 Å². The SMILES string of the molecule is CC(Oc1ccc(S(C)(=O)=O)cc1)c1nc(CCl)cs1. The molecular formula is C13H14ClNO3S2. The summed E-state index contributed by atoms with van der Waals surface area (Å²) in [5, 5.41) is 2.74. The van der Waals surface area contributed by atoms with E-state index in [-0.39, 0.29) is 11.0 Å². The van der Waals surface area contributed by atoms with E-state index in [0.717, 1.165) is 10.7 Å². The fourth-order valence-corrected chi connectivity index (χ4v) is 3.25. The average molecular weight is 332 g/mol. The first-order valence-corrected chi connectivity index (χ1v) is 9.18. The largest absolute Gasteiger partial charge is 0.484 e. The van der Waals surface area contributed by atoms with Crippen molar-refractivity contribution in [1.29, 1.82) is 0 Å². The molecule has 0 saturated heterocycles. The third-order valence-corrected chi connectivity index (χ3v) is 5.08. The molecule has 1 unspecified atom stereocenters. The van der Waals surface area contributed by atoms with Crippen LogP contribution in [0, 0.1) is 0 Å². The van der Waals surface area contributed by atoms with E-state index in [0.29, 0.717) is 11.6 Å². The number of ether oxygens (including phenoxy) is 1. The molecule has 2 aromatic rings. The van der Waals surface area contributed by atoms with Crippen LogP contribution in [0.5, 0.6) is 5.75 Å². The van der Waals surface area contributed by atoms with Crippen LogP contribution in [0.3, 0.4) is 0 Å². The lowest BCUT2D eigenvalue weighted by Crippen LogP contribution is -2.03. The summed E-state index contributed by atoms with van der Waals surface area (Å²) in [7, 11) is -3.18.